The van der Waals surface area contributed by atoms with Crippen LogP contribution < -0.4 is 0 Å². The van der Waals surface area contributed by atoms with E-state index >= 15 is 13.2 Å². The second kappa shape index (κ2) is 30.4. The molecule has 0 saturated heterocycles. The monoisotopic (exact) mass is 1750 g/mol. The third-order valence-electron chi connectivity index (χ3n) is 27.5. The first-order valence-electron chi connectivity index (χ1n) is 45.4. The molecule has 7 heterocycles. The summed E-state index contributed by atoms with van der Waals surface area (Å²) in [4.78, 5) is 32.8. The zero-order valence-electron chi connectivity index (χ0n) is 72.5. The predicted molar refractivity (Wildman–Crippen MR) is 546 cm³/mol. The highest BCUT2D eigenvalue weighted by atomic mass is 19.4. The van der Waals surface area contributed by atoms with Gasteiger partial charge < -0.3 is 13.7 Å². The van der Waals surface area contributed by atoms with E-state index in [-0.39, 0.29) is 0 Å². The van der Waals surface area contributed by atoms with Crippen molar-refractivity contribution in [1.29, 1.82) is 5.26 Å². The minimum Gasteiger partial charge on any atom is -0.309 e. The molecule has 0 atom stereocenters. The van der Waals surface area contributed by atoms with Crippen LogP contribution in [-0.4, -0.2) is 52.7 Å². The minimum absolute atomic E-state index is 0.409. The zero-order valence-corrected chi connectivity index (χ0v) is 72.5. The molecule has 0 radical (unpaired) electrons. The Morgan fingerprint density at radius 2 is 0.640 bits per heavy atom. The molecule has 0 fully saturated rings. The third kappa shape index (κ3) is 12.0. The fourth-order valence-corrected chi connectivity index (χ4v) is 21.5. The van der Waals surface area contributed by atoms with Gasteiger partial charge in [-0.3, -0.25) is 9.13 Å². The molecule has 1 aliphatic rings. The van der Waals surface area contributed by atoms with Crippen LogP contribution in [0.4, 0.5) is 13.2 Å². The first-order chi connectivity index (χ1) is 67.1. The summed E-state index contributed by atoms with van der Waals surface area (Å²) >= 11 is 0. The molecule has 0 saturated carbocycles. The second-order valence-corrected chi connectivity index (χ2v) is 34.9. The summed E-state index contributed by atoms with van der Waals surface area (Å²) in [5.41, 5.74) is 24.3. The lowest BCUT2D eigenvalue weighted by Crippen LogP contribution is -2.08. The molecule has 0 amide bonds. The van der Waals surface area contributed by atoms with Crippen molar-refractivity contribution >= 4 is 137 Å². The van der Waals surface area contributed by atoms with Gasteiger partial charge in [-0.1, -0.05) is 315 Å². The summed E-state index contributed by atoms with van der Waals surface area (Å²) in [6, 6.07) is 141. The molecule has 0 unspecified atom stereocenters. The maximum atomic E-state index is 15.0. The number of rotatable bonds is 13. The van der Waals surface area contributed by atoms with Crippen molar-refractivity contribution in [3.8, 4) is 125 Å². The number of nitriles is 1. The summed E-state index contributed by atoms with van der Waals surface area (Å²) in [5, 5.41) is 25.1. The standard InChI is InChI=1S/C121H71F3N12/c122-121(123,124)80-54-59-88-84(72-49-55-82(56-50-72)132-103-44-21-16-37-89(103)90-38-17-22-45-104(90)132)60-61-86(99(88)69-80)78-53-66-108-100(67-78)92-40-19-23-46-105(92)133(108)83-57-51-73(52-58-83)85-62-63-94-98(68-79(71-125)87-42-26-43-93(85)109(87)94)101-70-102-96-65-64-95-91-39-18-24-47-106(91)135(119-128-115(74-27-6-1-7-28-74)126-116(129-119)75-29-8-2-9-30-75)112(95)111(96)134(81-35-14-5-15-36-81)113(102)114-110(101)97-41-20-25-48-107(97)136(114)120-130-117(76-31-10-3-11-32-76)127-118(131-120)77-33-12-4-13-34-77/h1-42,44-70H,43H2. The average molecular weight is 1750 g/mol. The summed E-state index contributed by atoms with van der Waals surface area (Å²) in [5.74, 6) is 2.91. The van der Waals surface area contributed by atoms with Crippen LogP contribution in [0.15, 0.2) is 413 Å². The Balaban J connectivity index is 0.648. The number of aromatic nitrogens is 11. The molecule has 7 aromatic heterocycles. The van der Waals surface area contributed by atoms with Crippen molar-refractivity contribution < 1.29 is 13.2 Å². The second-order valence-electron chi connectivity index (χ2n) is 34.9. The number of fused-ring (bicyclic) bond motifs is 18. The largest absolute Gasteiger partial charge is 0.416 e. The van der Waals surface area contributed by atoms with E-state index in [9.17, 15) is 5.26 Å². The summed E-state index contributed by atoms with van der Waals surface area (Å²) in [6.07, 6.45) is 0.320. The Bertz CT molecular complexity index is 9440. The molecule has 1 aliphatic carbocycles. The number of halogens is 3. The first kappa shape index (κ1) is 77.7. The Morgan fingerprint density at radius 3 is 1.16 bits per heavy atom. The molecule has 0 spiro atoms. The Morgan fingerprint density at radius 1 is 0.250 bits per heavy atom. The predicted octanol–water partition coefficient (Wildman–Crippen LogP) is 30.6. The molecule has 636 valence electrons. The van der Waals surface area contributed by atoms with Crippen molar-refractivity contribution in [2.45, 2.75) is 12.6 Å². The van der Waals surface area contributed by atoms with Crippen LogP contribution in [0.3, 0.4) is 0 Å². The molecule has 26 aromatic rings. The van der Waals surface area contributed by atoms with Crippen LogP contribution in [0.2, 0.25) is 0 Å². The average Bonchev–Trinajstić information content (AvgIpc) is 1.51. The molecule has 12 nitrogen and oxygen atoms in total. The van der Waals surface area contributed by atoms with E-state index in [2.05, 4.69) is 278 Å². The first-order valence-corrected chi connectivity index (χ1v) is 45.4. The van der Waals surface area contributed by atoms with Crippen LogP contribution >= 0.6 is 0 Å². The Kier molecular flexibility index (Phi) is 17.4. The number of nitrogens with zero attached hydrogens (tertiary/aromatic N) is 12. The van der Waals surface area contributed by atoms with Gasteiger partial charge in [0.1, 0.15) is 0 Å². The third-order valence-corrected chi connectivity index (χ3v) is 27.5. The fraction of sp³-hybridized carbons (Fsp3) is 0.0165. The number of allylic oxidation sites excluding steroid dienone is 1. The molecule has 0 aliphatic heterocycles. The number of hydrogen-bond acceptors (Lipinski definition) is 7. The number of alkyl halides is 3. The molecular formula is C121H71F3N12. The lowest BCUT2D eigenvalue weighted by Gasteiger charge is -2.22. The zero-order chi connectivity index (χ0) is 90.1. The highest BCUT2D eigenvalue weighted by Gasteiger charge is 2.34. The quantitative estimate of drug-likeness (QED) is 0.113. The number of benzene rings is 19. The fourth-order valence-electron chi connectivity index (χ4n) is 21.5. The molecule has 0 bridgehead atoms. The van der Waals surface area contributed by atoms with Crippen LogP contribution in [0.1, 0.15) is 22.3 Å². The molecular weight excluding hydrogens is 1680 g/mol. The van der Waals surface area contributed by atoms with E-state index < -0.39 is 11.7 Å². The normalized spacial score (nSPS) is 12.3. The van der Waals surface area contributed by atoms with Gasteiger partial charge in [0.25, 0.3) is 0 Å². The number of hydrogen-bond donors (Lipinski definition) is 0. The minimum atomic E-state index is -4.58. The van der Waals surface area contributed by atoms with Gasteiger partial charge in [-0.25, -0.2) is 9.97 Å². The van der Waals surface area contributed by atoms with Gasteiger partial charge in [0, 0.05) is 98.7 Å². The SMILES string of the molecule is N#Cc1cc(-c2cc3c4ccc5c6ccccc6n(-c6nc(-c7ccccc7)nc(-c7ccccc7)n6)c5c4n(-c4ccccc4)c3c3c2c2ccccc2n3-c2nc(-c3ccccc3)nc(-c3ccccc3)n2)c2ccc(-c3ccc(-n4c5ccccc5c5cc(-c6ccc(-c7ccc(-n8c9ccccc9c9ccccc98)cc7)c7ccc(C(F)(F)F)cc67)ccc54)cc3)c3c2c1C=CC3. The molecule has 15 heteroatoms. The van der Waals surface area contributed by atoms with Crippen LogP contribution in [0, 0.1) is 11.3 Å². The van der Waals surface area contributed by atoms with E-state index in [0.29, 0.717) is 63.5 Å². The van der Waals surface area contributed by atoms with Gasteiger partial charge in [-0.15, -0.1) is 0 Å². The van der Waals surface area contributed by atoms with Crippen molar-refractivity contribution in [2.75, 3.05) is 0 Å². The van der Waals surface area contributed by atoms with E-state index in [0.717, 1.165) is 209 Å². The molecule has 0 N–H and O–H groups in total. The van der Waals surface area contributed by atoms with Crippen LogP contribution in [-0.2, 0) is 12.6 Å². The van der Waals surface area contributed by atoms with Crippen molar-refractivity contribution in [3.63, 3.8) is 0 Å². The highest BCUT2D eigenvalue weighted by Crippen LogP contribution is 2.53. The number of para-hydroxylation sites is 6. The van der Waals surface area contributed by atoms with Crippen molar-refractivity contribution in [1.82, 2.24) is 52.7 Å². The summed E-state index contributed by atoms with van der Waals surface area (Å²) in [6.45, 7) is 0. The maximum absolute atomic E-state index is 15.0. The maximum Gasteiger partial charge on any atom is 0.416 e. The van der Waals surface area contributed by atoms with E-state index in [1.807, 2.05) is 152 Å². The van der Waals surface area contributed by atoms with Crippen molar-refractivity contribution in [2.24, 2.45) is 0 Å². The summed E-state index contributed by atoms with van der Waals surface area (Å²) < 4.78 is 56.5. The van der Waals surface area contributed by atoms with Crippen LogP contribution in [0.25, 0.3) is 256 Å². The Labute approximate surface area is 775 Å². The van der Waals surface area contributed by atoms with Gasteiger partial charge in [0.15, 0.2) is 23.3 Å². The van der Waals surface area contributed by atoms with E-state index in [1.54, 1.807) is 6.07 Å². The van der Waals surface area contributed by atoms with Gasteiger partial charge >= 0.3 is 6.18 Å². The van der Waals surface area contributed by atoms with Crippen molar-refractivity contribution in [3.05, 3.63) is 435 Å². The van der Waals surface area contributed by atoms with Crippen LogP contribution in [0.5, 0.6) is 0 Å². The highest BCUT2D eigenvalue weighted by molar-refractivity contribution is 6.33. The van der Waals surface area contributed by atoms with E-state index in [4.69, 9.17) is 29.9 Å². The molecule has 136 heavy (non-hydrogen) atoms. The Hall–Kier alpha value is -18.3. The lowest BCUT2D eigenvalue weighted by molar-refractivity contribution is -0.137. The summed E-state index contributed by atoms with van der Waals surface area (Å²) in [7, 11) is 0. The van der Waals surface area contributed by atoms with Gasteiger partial charge in [0.05, 0.1) is 72.4 Å². The lowest BCUT2D eigenvalue weighted by atomic mass is 9.81. The molecule has 27 rings (SSSR count). The van der Waals surface area contributed by atoms with Gasteiger partial charge in [-0.05, 0) is 181 Å². The smallest absolute Gasteiger partial charge is 0.309 e. The van der Waals surface area contributed by atoms with E-state index in [1.165, 1.54) is 12.1 Å². The molecule has 19 aromatic carbocycles. The van der Waals surface area contributed by atoms with Gasteiger partial charge in [-0.2, -0.15) is 38.4 Å². The topological polar surface area (TPSA) is 126 Å². The van der Waals surface area contributed by atoms with Gasteiger partial charge in [0.2, 0.25) is 11.9 Å².